The number of nitrogens with zero attached hydrogens (tertiary/aromatic N) is 2. The first-order valence-electron chi connectivity index (χ1n) is 6.63. The molecule has 1 aliphatic heterocycles. The summed E-state index contributed by atoms with van der Waals surface area (Å²) in [6.45, 7) is 2.66. The Kier molecular flexibility index (Phi) is 2.87. The first-order valence-corrected chi connectivity index (χ1v) is 6.63. The maximum Gasteiger partial charge on any atom is 0.254 e. The fraction of sp³-hybridized carbons (Fsp3) is 0.333. The minimum Gasteiger partial charge on any atom is -0.388 e. The van der Waals surface area contributed by atoms with Gasteiger partial charge in [0.2, 0.25) is 0 Å². The number of nitrogens with two attached hydrogens (primary N) is 1. The molecule has 2 aromatic rings. The number of hydrogen-bond donors (Lipinski definition) is 2. The number of carbonyl (C=O) groups is 1. The lowest BCUT2D eigenvalue weighted by atomic mass is 10.1. The molecule has 5 heteroatoms. The molecule has 1 unspecified atom stereocenters. The van der Waals surface area contributed by atoms with Gasteiger partial charge in [0.1, 0.15) is 5.82 Å². The number of para-hydroxylation sites is 1. The molecule has 0 bridgehead atoms. The monoisotopic (exact) mass is 271 g/mol. The standard InChI is InChI=1S/C15H17N3O2/c1-15(20)6-7-18(9-15)14(19)11-8-13(16)17-12-5-3-2-4-10(11)12/h2-5,8,20H,6-7,9H2,1H3,(H2,16,17). The molecule has 5 nitrogen and oxygen atoms in total. The number of β-amino-alcohol motifs (C(OH)–C–C–N with tert-alkyl or cyclic N) is 1. The second-order valence-electron chi connectivity index (χ2n) is 5.59. The van der Waals surface area contributed by atoms with Crippen molar-refractivity contribution in [3.63, 3.8) is 0 Å². The van der Waals surface area contributed by atoms with E-state index in [9.17, 15) is 9.90 Å². The highest BCUT2D eigenvalue weighted by Crippen LogP contribution is 2.25. The number of aromatic nitrogens is 1. The molecule has 1 saturated heterocycles. The van der Waals surface area contributed by atoms with E-state index in [1.165, 1.54) is 0 Å². The summed E-state index contributed by atoms with van der Waals surface area (Å²) < 4.78 is 0. The lowest BCUT2D eigenvalue weighted by Crippen LogP contribution is -2.34. The third-order valence-electron chi connectivity index (χ3n) is 3.71. The smallest absolute Gasteiger partial charge is 0.254 e. The van der Waals surface area contributed by atoms with Gasteiger partial charge in [0.05, 0.1) is 16.7 Å². The summed E-state index contributed by atoms with van der Waals surface area (Å²) in [5.41, 5.74) is 6.24. The average Bonchev–Trinajstić information content (AvgIpc) is 2.77. The van der Waals surface area contributed by atoms with Gasteiger partial charge in [0, 0.05) is 18.5 Å². The Labute approximate surface area is 117 Å². The van der Waals surface area contributed by atoms with Crippen LogP contribution in [0.25, 0.3) is 10.9 Å². The zero-order valence-corrected chi connectivity index (χ0v) is 11.3. The van der Waals surface area contributed by atoms with E-state index in [1.807, 2.05) is 24.3 Å². The predicted octanol–water partition coefficient (Wildman–Crippen LogP) is 1.41. The van der Waals surface area contributed by atoms with Crippen molar-refractivity contribution in [2.45, 2.75) is 18.9 Å². The number of rotatable bonds is 1. The summed E-state index contributed by atoms with van der Waals surface area (Å²) in [6.07, 6.45) is 0.594. The predicted molar refractivity (Wildman–Crippen MR) is 77.3 cm³/mol. The third kappa shape index (κ3) is 2.20. The van der Waals surface area contributed by atoms with E-state index in [1.54, 1.807) is 17.9 Å². The van der Waals surface area contributed by atoms with Crippen LogP contribution in [-0.2, 0) is 0 Å². The van der Waals surface area contributed by atoms with Crippen molar-refractivity contribution in [3.8, 4) is 0 Å². The van der Waals surface area contributed by atoms with Crippen LogP contribution in [0.3, 0.4) is 0 Å². The molecule has 1 fully saturated rings. The van der Waals surface area contributed by atoms with Gasteiger partial charge in [-0.25, -0.2) is 4.98 Å². The van der Waals surface area contributed by atoms with Crippen LogP contribution >= 0.6 is 0 Å². The van der Waals surface area contributed by atoms with Gasteiger partial charge in [0.25, 0.3) is 5.91 Å². The van der Waals surface area contributed by atoms with E-state index in [2.05, 4.69) is 4.98 Å². The van der Waals surface area contributed by atoms with Crippen molar-refractivity contribution in [1.29, 1.82) is 0 Å². The first-order chi connectivity index (χ1) is 9.46. The number of aliphatic hydroxyl groups is 1. The van der Waals surface area contributed by atoms with Crippen LogP contribution in [0.2, 0.25) is 0 Å². The molecular formula is C15H17N3O2. The highest BCUT2D eigenvalue weighted by molar-refractivity contribution is 6.07. The fourth-order valence-corrected chi connectivity index (χ4v) is 2.66. The highest BCUT2D eigenvalue weighted by atomic mass is 16.3. The zero-order valence-electron chi connectivity index (χ0n) is 11.3. The van der Waals surface area contributed by atoms with Crippen LogP contribution in [0.4, 0.5) is 5.82 Å². The second kappa shape index (κ2) is 4.45. The lowest BCUT2D eigenvalue weighted by molar-refractivity contribution is 0.0573. The second-order valence-corrected chi connectivity index (χ2v) is 5.59. The maximum absolute atomic E-state index is 12.6. The summed E-state index contributed by atoms with van der Waals surface area (Å²) in [4.78, 5) is 18.5. The normalized spacial score (nSPS) is 22.4. The van der Waals surface area contributed by atoms with Crippen molar-refractivity contribution in [3.05, 3.63) is 35.9 Å². The quantitative estimate of drug-likeness (QED) is 0.822. The molecule has 0 spiro atoms. The molecule has 3 N–H and O–H groups in total. The largest absolute Gasteiger partial charge is 0.388 e. The SMILES string of the molecule is CC1(O)CCN(C(=O)c2cc(N)nc3ccccc23)C1. The van der Waals surface area contributed by atoms with Gasteiger partial charge in [-0.3, -0.25) is 4.79 Å². The van der Waals surface area contributed by atoms with Crippen LogP contribution in [0.1, 0.15) is 23.7 Å². The Bertz CT molecular complexity index is 682. The Morgan fingerprint density at radius 3 is 2.90 bits per heavy atom. The molecule has 20 heavy (non-hydrogen) atoms. The average molecular weight is 271 g/mol. The van der Waals surface area contributed by atoms with E-state index in [0.717, 1.165) is 5.39 Å². The number of anilines is 1. The van der Waals surface area contributed by atoms with Crippen molar-refractivity contribution in [1.82, 2.24) is 9.88 Å². The summed E-state index contributed by atoms with van der Waals surface area (Å²) in [6, 6.07) is 9.05. The molecule has 1 amide bonds. The summed E-state index contributed by atoms with van der Waals surface area (Å²) in [5, 5.41) is 10.8. The Balaban J connectivity index is 2.04. The molecular weight excluding hydrogens is 254 g/mol. The molecule has 3 rings (SSSR count). The molecule has 1 aliphatic rings. The van der Waals surface area contributed by atoms with Crippen LogP contribution < -0.4 is 5.73 Å². The summed E-state index contributed by atoms with van der Waals surface area (Å²) >= 11 is 0. The van der Waals surface area contributed by atoms with E-state index in [0.29, 0.717) is 36.4 Å². The van der Waals surface area contributed by atoms with E-state index < -0.39 is 5.60 Å². The first kappa shape index (κ1) is 12.9. The van der Waals surface area contributed by atoms with Crippen LogP contribution in [0.5, 0.6) is 0 Å². The van der Waals surface area contributed by atoms with Gasteiger partial charge in [-0.15, -0.1) is 0 Å². The van der Waals surface area contributed by atoms with E-state index in [-0.39, 0.29) is 5.91 Å². The van der Waals surface area contributed by atoms with Crippen molar-refractivity contribution < 1.29 is 9.90 Å². The highest BCUT2D eigenvalue weighted by Gasteiger charge is 2.34. The Hall–Kier alpha value is -2.14. The lowest BCUT2D eigenvalue weighted by Gasteiger charge is -2.20. The molecule has 2 heterocycles. The van der Waals surface area contributed by atoms with Crippen molar-refractivity contribution >= 4 is 22.6 Å². The topological polar surface area (TPSA) is 79.5 Å². The number of nitrogen functional groups attached to an aromatic ring is 1. The molecule has 1 atom stereocenters. The maximum atomic E-state index is 12.6. The number of carbonyl (C=O) groups excluding carboxylic acids is 1. The van der Waals surface area contributed by atoms with Crippen LogP contribution in [0, 0.1) is 0 Å². The molecule has 1 aromatic heterocycles. The van der Waals surface area contributed by atoms with Crippen molar-refractivity contribution in [2.75, 3.05) is 18.8 Å². The minimum absolute atomic E-state index is 0.104. The van der Waals surface area contributed by atoms with Crippen LogP contribution in [0.15, 0.2) is 30.3 Å². The van der Waals surface area contributed by atoms with E-state index >= 15 is 0 Å². The van der Waals surface area contributed by atoms with Gasteiger partial charge in [-0.05, 0) is 25.5 Å². The number of amides is 1. The number of hydrogen-bond acceptors (Lipinski definition) is 4. The Morgan fingerprint density at radius 2 is 2.20 bits per heavy atom. The number of pyridine rings is 1. The number of likely N-dealkylation sites (tertiary alicyclic amines) is 1. The van der Waals surface area contributed by atoms with Crippen LogP contribution in [-0.4, -0.2) is 39.6 Å². The van der Waals surface area contributed by atoms with Gasteiger partial charge >= 0.3 is 0 Å². The van der Waals surface area contributed by atoms with Gasteiger partial charge in [-0.1, -0.05) is 18.2 Å². The van der Waals surface area contributed by atoms with E-state index in [4.69, 9.17) is 5.73 Å². The molecule has 0 saturated carbocycles. The zero-order chi connectivity index (χ0) is 14.3. The minimum atomic E-state index is -0.802. The number of benzene rings is 1. The summed E-state index contributed by atoms with van der Waals surface area (Å²) in [7, 11) is 0. The van der Waals surface area contributed by atoms with Crippen molar-refractivity contribution in [2.24, 2.45) is 0 Å². The number of fused-ring (bicyclic) bond motifs is 1. The molecule has 1 aromatic carbocycles. The molecule has 104 valence electrons. The summed E-state index contributed by atoms with van der Waals surface area (Å²) in [5.74, 6) is 0.228. The Morgan fingerprint density at radius 1 is 1.45 bits per heavy atom. The van der Waals surface area contributed by atoms with Gasteiger partial charge < -0.3 is 15.7 Å². The third-order valence-corrected chi connectivity index (χ3v) is 3.71. The van der Waals surface area contributed by atoms with Gasteiger partial charge in [-0.2, -0.15) is 0 Å². The fourth-order valence-electron chi connectivity index (χ4n) is 2.66. The molecule has 0 radical (unpaired) electrons. The molecule has 0 aliphatic carbocycles. The van der Waals surface area contributed by atoms with Gasteiger partial charge in [0.15, 0.2) is 0 Å².